The summed E-state index contributed by atoms with van der Waals surface area (Å²) >= 11 is 6.39. The van der Waals surface area contributed by atoms with Gasteiger partial charge in [-0.1, -0.05) is 50.9 Å². The molecule has 252 valence electrons. The lowest BCUT2D eigenvalue weighted by molar-refractivity contribution is -0.121. The normalized spacial score (nSPS) is 18.8. The fraction of sp³-hybridized carbons (Fsp3) is 0.474. The lowest BCUT2D eigenvalue weighted by atomic mass is 9.83. The molecule has 2 amide bonds. The van der Waals surface area contributed by atoms with E-state index in [1.165, 1.54) is 24.3 Å². The van der Waals surface area contributed by atoms with Crippen LogP contribution in [0.1, 0.15) is 63.2 Å². The Morgan fingerprint density at radius 1 is 0.979 bits per heavy atom. The molecule has 1 saturated carbocycles. The quantitative estimate of drug-likeness (QED) is 0.209. The second kappa shape index (κ2) is 16.1. The van der Waals surface area contributed by atoms with Crippen molar-refractivity contribution in [1.29, 1.82) is 0 Å². The first-order chi connectivity index (χ1) is 22.6. The van der Waals surface area contributed by atoms with Gasteiger partial charge in [0.15, 0.2) is 0 Å². The Hall–Kier alpha value is -3.46. The van der Waals surface area contributed by atoms with E-state index in [0.717, 1.165) is 69.9 Å². The molecule has 0 bridgehead atoms. The summed E-state index contributed by atoms with van der Waals surface area (Å²) < 4.78 is 25.4. The van der Waals surface area contributed by atoms with Gasteiger partial charge >= 0.3 is 0 Å². The molecule has 0 spiro atoms. The van der Waals surface area contributed by atoms with Gasteiger partial charge in [0.2, 0.25) is 5.91 Å². The van der Waals surface area contributed by atoms with Crippen LogP contribution in [0, 0.1) is 17.2 Å². The minimum atomic E-state index is -0.389. The van der Waals surface area contributed by atoms with Crippen molar-refractivity contribution in [2.45, 2.75) is 58.9 Å². The van der Waals surface area contributed by atoms with E-state index in [0.29, 0.717) is 35.9 Å². The molecule has 0 N–H and O–H groups in total. The number of morpholine rings is 1. The molecule has 2 unspecified atom stereocenters. The highest BCUT2D eigenvalue weighted by atomic mass is 35.5. The number of carbonyl (C=O) groups excluding carboxylic acids is 2. The Labute approximate surface area is 283 Å². The van der Waals surface area contributed by atoms with Gasteiger partial charge in [-0.15, -0.1) is 0 Å². The zero-order chi connectivity index (χ0) is 33.4. The lowest BCUT2D eigenvalue weighted by Gasteiger charge is -2.40. The maximum atomic E-state index is 14.1. The number of rotatable bonds is 11. The van der Waals surface area contributed by atoms with E-state index in [2.05, 4.69) is 25.7 Å². The fourth-order valence-electron chi connectivity index (χ4n) is 6.56. The van der Waals surface area contributed by atoms with Gasteiger partial charge in [-0.05, 0) is 85.2 Å². The van der Waals surface area contributed by atoms with Crippen LogP contribution in [0.15, 0.2) is 72.8 Å². The van der Waals surface area contributed by atoms with Crippen molar-refractivity contribution in [2.75, 3.05) is 55.8 Å². The topological polar surface area (TPSA) is 62.3 Å². The Morgan fingerprint density at radius 2 is 1.70 bits per heavy atom. The summed E-state index contributed by atoms with van der Waals surface area (Å²) in [4.78, 5) is 33.9. The monoisotopic (exact) mass is 663 g/mol. The van der Waals surface area contributed by atoms with Gasteiger partial charge in [0, 0.05) is 66.7 Å². The molecule has 1 aliphatic carbocycles. The van der Waals surface area contributed by atoms with Crippen LogP contribution in [0.5, 0.6) is 5.75 Å². The average molecular weight is 664 g/mol. The van der Waals surface area contributed by atoms with Gasteiger partial charge in [0.1, 0.15) is 18.2 Å². The van der Waals surface area contributed by atoms with Gasteiger partial charge in [-0.25, -0.2) is 4.39 Å². The van der Waals surface area contributed by atoms with E-state index in [4.69, 9.17) is 21.1 Å². The molecule has 2 fully saturated rings. The molecule has 3 aromatic carbocycles. The van der Waals surface area contributed by atoms with Crippen LogP contribution in [0.4, 0.5) is 15.8 Å². The first-order valence-corrected chi connectivity index (χ1v) is 17.1. The highest BCUT2D eigenvalue weighted by Gasteiger charge is 2.34. The van der Waals surface area contributed by atoms with E-state index in [9.17, 15) is 14.0 Å². The molecule has 7 nitrogen and oxygen atoms in total. The van der Waals surface area contributed by atoms with E-state index in [-0.39, 0.29) is 35.0 Å². The molecular weight excluding hydrogens is 617 g/mol. The minimum absolute atomic E-state index is 0.0281. The third-order valence-corrected chi connectivity index (χ3v) is 9.08. The summed E-state index contributed by atoms with van der Waals surface area (Å²) in [5.41, 5.74) is 1.77. The third-order valence-electron chi connectivity index (χ3n) is 8.84. The highest BCUT2D eigenvalue weighted by Crippen LogP contribution is 2.36. The van der Waals surface area contributed by atoms with Gasteiger partial charge in [0.25, 0.3) is 5.91 Å². The molecule has 47 heavy (non-hydrogen) atoms. The van der Waals surface area contributed by atoms with E-state index >= 15 is 0 Å². The number of anilines is 2. The Morgan fingerprint density at radius 3 is 2.43 bits per heavy atom. The largest absolute Gasteiger partial charge is 0.492 e. The lowest BCUT2D eigenvalue weighted by Crippen LogP contribution is -2.46. The van der Waals surface area contributed by atoms with Gasteiger partial charge in [0.05, 0.1) is 13.2 Å². The standard InChI is InChI=1S/C38H47ClFN3O4/c1-38(2,3)26-36(44)43(34-11-5-8-30(39)24-34)33-10-4-7-28(23-33)27-42(37(45)29-13-15-31(40)16-14-29)32-9-6-12-35(25-32)47-22-19-41-17-20-46-21-18-41/h5-6,8-9,11-16,24-25,28,33H,4,7,10,17-23,26-27H2,1-3H3. The second-order valence-corrected chi connectivity index (χ2v) is 14.3. The van der Waals surface area contributed by atoms with Gasteiger partial charge in [-0.2, -0.15) is 0 Å². The molecule has 5 rings (SSSR count). The summed E-state index contributed by atoms with van der Waals surface area (Å²) in [5, 5.41) is 0.589. The van der Waals surface area contributed by atoms with Crippen molar-refractivity contribution >= 4 is 34.8 Å². The Kier molecular flexibility index (Phi) is 11.9. The molecule has 2 aliphatic rings. The van der Waals surface area contributed by atoms with Crippen LogP contribution < -0.4 is 14.5 Å². The predicted octanol–water partition coefficient (Wildman–Crippen LogP) is 7.87. The number of amides is 2. The van der Waals surface area contributed by atoms with Crippen LogP contribution in [0.25, 0.3) is 0 Å². The minimum Gasteiger partial charge on any atom is -0.492 e. The summed E-state index contributed by atoms with van der Waals surface area (Å²) in [6, 6.07) is 20.8. The van der Waals surface area contributed by atoms with E-state index < -0.39 is 0 Å². The maximum absolute atomic E-state index is 14.1. The second-order valence-electron chi connectivity index (χ2n) is 13.9. The molecule has 9 heteroatoms. The van der Waals surface area contributed by atoms with Crippen LogP contribution in [-0.2, 0) is 9.53 Å². The number of ether oxygens (including phenoxy) is 2. The smallest absolute Gasteiger partial charge is 0.258 e. The number of carbonyl (C=O) groups is 2. The Bertz CT molecular complexity index is 1490. The summed E-state index contributed by atoms with van der Waals surface area (Å²) in [5.74, 6) is 0.307. The van der Waals surface area contributed by atoms with Crippen LogP contribution in [0.2, 0.25) is 5.02 Å². The highest BCUT2D eigenvalue weighted by molar-refractivity contribution is 6.30. The number of benzene rings is 3. The predicted molar refractivity (Wildman–Crippen MR) is 186 cm³/mol. The number of hydrogen-bond donors (Lipinski definition) is 0. The van der Waals surface area contributed by atoms with Crippen molar-refractivity contribution in [3.63, 3.8) is 0 Å². The molecule has 0 radical (unpaired) electrons. The van der Waals surface area contributed by atoms with Crippen LogP contribution in [-0.4, -0.2) is 68.8 Å². The molecule has 1 aliphatic heterocycles. The SMILES string of the molecule is CC(C)(C)CC(=O)N(c1cccc(Cl)c1)C1CCCC(CN(C(=O)c2ccc(F)cc2)c2cccc(OCCN3CCOCC3)c2)C1. The van der Waals surface area contributed by atoms with Crippen molar-refractivity contribution in [3.05, 3.63) is 89.2 Å². The van der Waals surface area contributed by atoms with Crippen molar-refractivity contribution < 1.29 is 23.5 Å². The van der Waals surface area contributed by atoms with Crippen molar-refractivity contribution in [1.82, 2.24) is 4.90 Å². The summed E-state index contributed by atoms with van der Waals surface area (Å²) in [6.07, 6.45) is 3.88. The van der Waals surface area contributed by atoms with Crippen molar-refractivity contribution in [3.8, 4) is 5.75 Å². The first kappa shape index (κ1) is 34.9. The third kappa shape index (κ3) is 10.0. The molecular formula is C38H47ClFN3O4. The maximum Gasteiger partial charge on any atom is 0.258 e. The summed E-state index contributed by atoms with van der Waals surface area (Å²) in [7, 11) is 0. The number of nitrogens with zero attached hydrogens (tertiary/aromatic N) is 3. The van der Waals surface area contributed by atoms with E-state index in [1.807, 2.05) is 53.4 Å². The fourth-order valence-corrected chi connectivity index (χ4v) is 6.74. The number of hydrogen-bond acceptors (Lipinski definition) is 5. The zero-order valence-corrected chi connectivity index (χ0v) is 28.6. The molecule has 1 saturated heterocycles. The van der Waals surface area contributed by atoms with Crippen LogP contribution in [0.3, 0.4) is 0 Å². The Balaban J connectivity index is 1.37. The van der Waals surface area contributed by atoms with E-state index in [1.54, 1.807) is 4.90 Å². The van der Waals surface area contributed by atoms with Crippen LogP contribution >= 0.6 is 11.6 Å². The zero-order valence-electron chi connectivity index (χ0n) is 27.8. The molecule has 2 atom stereocenters. The van der Waals surface area contributed by atoms with Gasteiger partial charge in [-0.3, -0.25) is 14.5 Å². The molecule has 1 heterocycles. The summed E-state index contributed by atoms with van der Waals surface area (Å²) in [6.45, 7) is 11.3. The average Bonchev–Trinajstić information content (AvgIpc) is 3.04. The van der Waals surface area contributed by atoms with Gasteiger partial charge < -0.3 is 19.3 Å². The van der Waals surface area contributed by atoms with Crippen molar-refractivity contribution in [2.24, 2.45) is 11.3 Å². The first-order valence-electron chi connectivity index (χ1n) is 16.7. The molecule has 3 aromatic rings. The molecule has 0 aromatic heterocycles. The number of halogens is 2.